The Morgan fingerprint density at radius 3 is 2.50 bits per heavy atom. The van der Waals surface area contributed by atoms with E-state index in [9.17, 15) is 0 Å². The second-order valence-corrected chi connectivity index (χ2v) is 5.75. The van der Waals surface area contributed by atoms with E-state index < -0.39 is 0 Å². The number of anilines is 2. The topological polar surface area (TPSA) is 18.5 Å². The summed E-state index contributed by atoms with van der Waals surface area (Å²) in [5.41, 5.74) is 2.64. The molecule has 0 bridgehead atoms. The number of nitrogens with one attached hydrogen (secondary N) is 1. The predicted octanol–water partition coefficient (Wildman–Crippen LogP) is 1.94. The molecule has 18 heavy (non-hydrogen) atoms. The van der Waals surface area contributed by atoms with Crippen LogP contribution >= 0.6 is 0 Å². The number of piperazine rings is 1. The summed E-state index contributed by atoms with van der Waals surface area (Å²) in [7, 11) is 4.17. The highest BCUT2D eigenvalue weighted by molar-refractivity contribution is 5.56. The summed E-state index contributed by atoms with van der Waals surface area (Å²) in [4.78, 5) is 4.67. The fourth-order valence-corrected chi connectivity index (χ4v) is 2.79. The summed E-state index contributed by atoms with van der Waals surface area (Å²) in [6.45, 7) is 3.42. The van der Waals surface area contributed by atoms with Crippen LogP contribution in [-0.2, 0) is 0 Å². The quantitative estimate of drug-likeness (QED) is 0.878. The Balaban J connectivity index is 1.69. The Hall–Kier alpha value is -1.22. The van der Waals surface area contributed by atoms with Gasteiger partial charge in [0.05, 0.1) is 0 Å². The molecule has 98 valence electrons. The first-order valence-electron chi connectivity index (χ1n) is 7.00. The van der Waals surface area contributed by atoms with E-state index in [2.05, 4.69) is 53.5 Å². The number of nitrogens with zero attached hydrogens (tertiary/aromatic N) is 2. The third-order valence-corrected chi connectivity index (χ3v) is 4.13. The van der Waals surface area contributed by atoms with E-state index in [0.29, 0.717) is 6.04 Å². The zero-order valence-electron chi connectivity index (χ0n) is 11.4. The Labute approximate surface area is 110 Å². The van der Waals surface area contributed by atoms with Crippen molar-refractivity contribution in [2.75, 3.05) is 43.5 Å². The van der Waals surface area contributed by atoms with Crippen molar-refractivity contribution in [3.05, 3.63) is 24.3 Å². The van der Waals surface area contributed by atoms with Gasteiger partial charge in [0.2, 0.25) is 0 Å². The number of rotatable bonds is 3. The first-order valence-corrected chi connectivity index (χ1v) is 7.00. The zero-order valence-corrected chi connectivity index (χ0v) is 11.4. The maximum Gasteiger partial charge on any atom is 0.0368 e. The van der Waals surface area contributed by atoms with Gasteiger partial charge in [0.15, 0.2) is 0 Å². The molecule has 0 amide bonds. The lowest BCUT2D eigenvalue weighted by atomic mass is 10.1. The van der Waals surface area contributed by atoms with Crippen molar-refractivity contribution in [3.8, 4) is 0 Å². The van der Waals surface area contributed by atoms with E-state index >= 15 is 0 Å². The van der Waals surface area contributed by atoms with Gasteiger partial charge in [-0.1, -0.05) is 0 Å². The van der Waals surface area contributed by atoms with Gasteiger partial charge in [-0.15, -0.1) is 0 Å². The van der Waals surface area contributed by atoms with Crippen molar-refractivity contribution in [2.24, 2.45) is 5.92 Å². The lowest BCUT2D eigenvalue weighted by molar-refractivity contribution is 0.419. The molecule has 2 fully saturated rings. The number of hydrogen-bond donors (Lipinski definition) is 1. The minimum atomic E-state index is 0.715. The molecule has 2 aliphatic rings. The van der Waals surface area contributed by atoms with Gasteiger partial charge in [0.25, 0.3) is 0 Å². The largest absolute Gasteiger partial charge is 0.378 e. The Morgan fingerprint density at radius 2 is 1.89 bits per heavy atom. The van der Waals surface area contributed by atoms with Crippen molar-refractivity contribution < 1.29 is 0 Å². The minimum absolute atomic E-state index is 0.715. The maximum absolute atomic E-state index is 3.66. The van der Waals surface area contributed by atoms with Crippen molar-refractivity contribution in [3.63, 3.8) is 0 Å². The van der Waals surface area contributed by atoms with Crippen LogP contribution in [0.15, 0.2) is 24.3 Å². The molecule has 1 atom stereocenters. The average Bonchev–Trinajstić information content (AvgIpc) is 3.23. The predicted molar refractivity (Wildman–Crippen MR) is 77.5 cm³/mol. The molecule has 1 N–H and O–H groups in total. The van der Waals surface area contributed by atoms with E-state index in [1.165, 1.54) is 30.8 Å². The van der Waals surface area contributed by atoms with E-state index in [0.717, 1.165) is 19.0 Å². The molecule has 1 unspecified atom stereocenters. The maximum atomic E-state index is 3.66. The van der Waals surface area contributed by atoms with Gasteiger partial charge < -0.3 is 15.1 Å². The average molecular weight is 245 g/mol. The van der Waals surface area contributed by atoms with Crippen molar-refractivity contribution >= 4 is 11.4 Å². The van der Waals surface area contributed by atoms with Gasteiger partial charge in [0, 0.05) is 51.1 Å². The van der Waals surface area contributed by atoms with Crippen LogP contribution in [0.1, 0.15) is 12.8 Å². The lowest BCUT2D eigenvalue weighted by Crippen LogP contribution is -2.51. The highest BCUT2D eigenvalue weighted by Gasteiger charge is 2.33. The molecule has 1 saturated carbocycles. The Kier molecular flexibility index (Phi) is 3.16. The van der Waals surface area contributed by atoms with Crippen LogP contribution in [0.25, 0.3) is 0 Å². The molecule has 1 saturated heterocycles. The van der Waals surface area contributed by atoms with Crippen molar-refractivity contribution in [1.82, 2.24) is 5.32 Å². The third kappa shape index (κ3) is 2.46. The number of benzene rings is 1. The summed E-state index contributed by atoms with van der Waals surface area (Å²) < 4.78 is 0. The van der Waals surface area contributed by atoms with Crippen LogP contribution in [0.3, 0.4) is 0 Å². The van der Waals surface area contributed by atoms with Crippen LogP contribution < -0.4 is 15.1 Å². The van der Waals surface area contributed by atoms with Gasteiger partial charge in [-0.05, 0) is 43.0 Å². The second-order valence-electron chi connectivity index (χ2n) is 5.75. The van der Waals surface area contributed by atoms with Crippen molar-refractivity contribution in [2.45, 2.75) is 18.9 Å². The SMILES string of the molecule is CN(C)c1ccc(N2CCNC(C3CC3)C2)cc1. The third-order valence-electron chi connectivity index (χ3n) is 4.13. The van der Waals surface area contributed by atoms with Crippen LogP contribution in [0.2, 0.25) is 0 Å². The Bertz CT molecular complexity index is 395. The summed E-state index contributed by atoms with van der Waals surface area (Å²) >= 11 is 0. The van der Waals surface area contributed by atoms with Crippen LogP contribution in [0, 0.1) is 5.92 Å². The molecule has 0 spiro atoms. The standard InChI is InChI=1S/C15H23N3/c1-17(2)13-5-7-14(8-6-13)18-10-9-16-15(11-18)12-3-4-12/h5-8,12,15-16H,3-4,9-11H2,1-2H3. The summed E-state index contributed by atoms with van der Waals surface area (Å²) in [6, 6.07) is 9.65. The molecule has 1 aromatic carbocycles. The molecule has 1 aliphatic heterocycles. The van der Waals surface area contributed by atoms with Crippen molar-refractivity contribution in [1.29, 1.82) is 0 Å². The first kappa shape index (κ1) is 11.8. The fraction of sp³-hybridized carbons (Fsp3) is 0.600. The van der Waals surface area contributed by atoms with Crippen LogP contribution in [-0.4, -0.2) is 39.8 Å². The fourth-order valence-electron chi connectivity index (χ4n) is 2.79. The second kappa shape index (κ2) is 4.81. The molecule has 1 heterocycles. The molecule has 0 radical (unpaired) electrons. The Morgan fingerprint density at radius 1 is 1.17 bits per heavy atom. The molecular weight excluding hydrogens is 222 g/mol. The number of hydrogen-bond acceptors (Lipinski definition) is 3. The summed E-state index contributed by atoms with van der Waals surface area (Å²) in [5.74, 6) is 0.939. The van der Waals surface area contributed by atoms with Gasteiger partial charge >= 0.3 is 0 Å². The molecule has 1 aromatic rings. The highest BCUT2D eigenvalue weighted by Crippen LogP contribution is 2.34. The summed E-state index contributed by atoms with van der Waals surface area (Å²) in [5, 5.41) is 3.66. The van der Waals surface area contributed by atoms with E-state index in [1.807, 2.05) is 0 Å². The van der Waals surface area contributed by atoms with E-state index in [1.54, 1.807) is 0 Å². The first-order chi connectivity index (χ1) is 8.74. The van der Waals surface area contributed by atoms with Crippen LogP contribution in [0.4, 0.5) is 11.4 Å². The lowest BCUT2D eigenvalue weighted by Gasteiger charge is -2.35. The normalized spacial score (nSPS) is 24.1. The molecule has 3 nitrogen and oxygen atoms in total. The van der Waals surface area contributed by atoms with E-state index in [4.69, 9.17) is 0 Å². The molecular formula is C15H23N3. The molecule has 3 heteroatoms. The van der Waals surface area contributed by atoms with E-state index in [-0.39, 0.29) is 0 Å². The molecule has 3 rings (SSSR count). The van der Waals surface area contributed by atoms with Crippen LogP contribution in [0.5, 0.6) is 0 Å². The van der Waals surface area contributed by atoms with Gasteiger partial charge in [0.1, 0.15) is 0 Å². The minimum Gasteiger partial charge on any atom is -0.378 e. The molecule has 1 aliphatic carbocycles. The van der Waals surface area contributed by atoms with Gasteiger partial charge in [-0.2, -0.15) is 0 Å². The highest BCUT2D eigenvalue weighted by atomic mass is 15.2. The molecule has 0 aromatic heterocycles. The van der Waals surface area contributed by atoms with Gasteiger partial charge in [-0.3, -0.25) is 0 Å². The smallest absolute Gasteiger partial charge is 0.0368 e. The zero-order chi connectivity index (χ0) is 12.5. The summed E-state index contributed by atoms with van der Waals surface area (Å²) in [6.07, 6.45) is 2.84. The van der Waals surface area contributed by atoms with Gasteiger partial charge in [-0.25, -0.2) is 0 Å². The monoisotopic (exact) mass is 245 g/mol.